The average molecular weight is 323 g/mol. The highest BCUT2D eigenvalue weighted by Gasteiger charge is 2.28. The summed E-state index contributed by atoms with van der Waals surface area (Å²) >= 11 is 0. The molecule has 0 radical (unpaired) electrons. The third-order valence-electron chi connectivity index (χ3n) is 3.74. The molecule has 1 N–H and O–H groups in total. The molecule has 0 amide bonds. The summed E-state index contributed by atoms with van der Waals surface area (Å²) < 4.78 is 10.2. The molecular weight excluding hydrogens is 298 g/mol. The van der Waals surface area contributed by atoms with Crippen molar-refractivity contribution >= 4 is 11.9 Å². The summed E-state index contributed by atoms with van der Waals surface area (Å²) in [6.45, 7) is 6.22. The average Bonchev–Trinajstić information content (AvgIpc) is 2.97. The number of hydrogen-bond acceptors (Lipinski definition) is 6. The Morgan fingerprint density at radius 3 is 3.04 bits per heavy atom. The van der Waals surface area contributed by atoms with Gasteiger partial charge in [-0.2, -0.15) is 4.98 Å². The van der Waals surface area contributed by atoms with E-state index in [1.807, 2.05) is 6.92 Å². The maximum atomic E-state index is 11.9. The van der Waals surface area contributed by atoms with Gasteiger partial charge in [-0.15, -0.1) is 0 Å². The van der Waals surface area contributed by atoms with E-state index in [1.54, 1.807) is 14.0 Å². The molecule has 1 atom stereocenters. The van der Waals surface area contributed by atoms with E-state index in [9.17, 15) is 4.79 Å². The normalized spacial score (nSPS) is 18.8. The van der Waals surface area contributed by atoms with Crippen molar-refractivity contribution in [1.29, 1.82) is 0 Å². The quantitative estimate of drug-likeness (QED) is 0.486. The highest BCUT2D eigenvalue weighted by atomic mass is 16.5. The molecule has 1 aromatic heterocycles. The van der Waals surface area contributed by atoms with Crippen LogP contribution in [0.5, 0.6) is 0 Å². The first kappa shape index (κ1) is 17.2. The Hall–Kier alpha value is -2.12. The van der Waals surface area contributed by atoms with Gasteiger partial charge < -0.3 is 19.5 Å². The number of esters is 1. The Bertz CT molecular complexity index is 543. The predicted octanol–water partition coefficient (Wildman–Crippen LogP) is 0.771. The second-order valence-electron chi connectivity index (χ2n) is 5.50. The molecule has 8 nitrogen and oxygen atoms in total. The van der Waals surface area contributed by atoms with Crippen LogP contribution in [0.15, 0.2) is 9.52 Å². The minimum Gasteiger partial charge on any atom is -0.466 e. The minimum atomic E-state index is -0.117. The highest BCUT2D eigenvalue weighted by molar-refractivity contribution is 5.81. The van der Waals surface area contributed by atoms with Crippen molar-refractivity contribution in [3.8, 4) is 0 Å². The first-order chi connectivity index (χ1) is 11.1. The van der Waals surface area contributed by atoms with Gasteiger partial charge in [0.2, 0.25) is 5.89 Å². The van der Waals surface area contributed by atoms with E-state index in [4.69, 9.17) is 9.26 Å². The second-order valence-corrected chi connectivity index (χ2v) is 5.50. The van der Waals surface area contributed by atoms with E-state index in [-0.39, 0.29) is 11.9 Å². The van der Waals surface area contributed by atoms with Crippen molar-refractivity contribution in [1.82, 2.24) is 20.4 Å². The number of aryl methyl sites for hydroxylation is 1. The Balaban J connectivity index is 1.83. The predicted molar refractivity (Wildman–Crippen MR) is 85.0 cm³/mol. The number of nitrogens with zero attached hydrogens (tertiary/aromatic N) is 4. The Morgan fingerprint density at radius 2 is 2.39 bits per heavy atom. The number of guanidine groups is 1. The minimum absolute atomic E-state index is 0.0826. The number of aromatic nitrogens is 2. The van der Waals surface area contributed by atoms with Crippen molar-refractivity contribution in [3.05, 3.63) is 11.7 Å². The number of carbonyl (C=O) groups excluding carboxylic acids is 1. The lowest BCUT2D eigenvalue weighted by atomic mass is 9.98. The van der Waals surface area contributed by atoms with Crippen LogP contribution in [-0.4, -0.2) is 60.3 Å². The van der Waals surface area contributed by atoms with Gasteiger partial charge in [0.25, 0.3) is 0 Å². The molecule has 1 aliphatic heterocycles. The number of nitrogens with one attached hydrogen (secondary N) is 1. The molecule has 1 fully saturated rings. The van der Waals surface area contributed by atoms with E-state index < -0.39 is 0 Å². The van der Waals surface area contributed by atoms with Crippen LogP contribution in [0, 0.1) is 12.8 Å². The Morgan fingerprint density at radius 1 is 1.57 bits per heavy atom. The monoisotopic (exact) mass is 323 g/mol. The van der Waals surface area contributed by atoms with Crippen LogP contribution >= 0.6 is 0 Å². The molecule has 23 heavy (non-hydrogen) atoms. The maximum Gasteiger partial charge on any atom is 0.310 e. The number of hydrogen-bond donors (Lipinski definition) is 1. The first-order valence-corrected chi connectivity index (χ1v) is 8.05. The molecule has 0 saturated carbocycles. The van der Waals surface area contributed by atoms with E-state index in [0.717, 1.165) is 25.3 Å². The lowest BCUT2D eigenvalue weighted by molar-refractivity contribution is -0.149. The molecule has 0 aliphatic carbocycles. The van der Waals surface area contributed by atoms with Crippen molar-refractivity contribution in [2.75, 3.05) is 33.3 Å². The topological polar surface area (TPSA) is 92.8 Å². The Kier molecular flexibility index (Phi) is 6.37. The van der Waals surface area contributed by atoms with Crippen LogP contribution in [0.4, 0.5) is 0 Å². The van der Waals surface area contributed by atoms with Gasteiger partial charge in [-0.1, -0.05) is 5.16 Å². The van der Waals surface area contributed by atoms with Crippen LogP contribution in [0.1, 0.15) is 31.5 Å². The molecule has 2 rings (SSSR count). The summed E-state index contributed by atoms with van der Waals surface area (Å²) in [6, 6.07) is 0. The highest BCUT2D eigenvalue weighted by Crippen LogP contribution is 2.18. The van der Waals surface area contributed by atoms with Gasteiger partial charge in [-0.05, 0) is 26.7 Å². The largest absolute Gasteiger partial charge is 0.466 e. The van der Waals surface area contributed by atoms with Crippen LogP contribution < -0.4 is 5.32 Å². The zero-order valence-corrected chi connectivity index (χ0v) is 14.0. The van der Waals surface area contributed by atoms with Crippen LogP contribution in [0.25, 0.3) is 0 Å². The van der Waals surface area contributed by atoms with Crippen molar-refractivity contribution in [3.63, 3.8) is 0 Å². The van der Waals surface area contributed by atoms with Gasteiger partial charge in [0, 0.05) is 33.1 Å². The van der Waals surface area contributed by atoms with Gasteiger partial charge in [0.1, 0.15) is 0 Å². The summed E-state index contributed by atoms with van der Waals surface area (Å²) in [5.74, 6) is 1.83. The number of carbonyl (C=O) groups is 1. The van der Waals surface area contributed by atoms with Crippen LogP contribution in [0.3, 0.4) is 0 Å². The van der Waals surface area contributed by atoms with Gasteiger partial charge in [-0.25, -0.2) is 0 Å². The summed E-state index contributed by atoms with van der Waals surface area (Å²) in [5, 5.41) is 7.05. The van der Waals surface area contributed by atoms with Gasteiger partial charge >= 0.3 is 5.97 Å². The molecule has 2 heterocycles. The molecular formula is C15H25N5O3. The first-order valence-electron chi connectivity index (χ1n) is 8.05. The summed E-state index contributed by atoms with van der Waals surface area (Å²) in [7, 11) is 1.74. The van der Waals surface area contributed by atoms with Gasteiger partial charge in [0.05, 0.1) is 12.5 Å². The van der Waals surface area contributed by atoms with Crippen molar-refractivity contribution in [2.45, 2.75) is 33.1 Å². The third kappa shape index (κ3) is 4.94. The fraction of sp³-hybridized carbons (Fsp3) is 0.733. The van der Waals surface area contributed by atoms with Crippen molar-refractivity contribution < 1.29 is 14.1 Å². The van der Waals surface area contributed by atoms with Crippen LogP contribution in [-0.2, 0) is 16.0 Å². The SMILES string of the molecule is CCOC(=O)C1CCCN(C(=NC)NCCc2nc(C)no2)C1. The molecule has 1 unspecified atom stereocenters. The molecule has 0 aromatic carbocycles. The fourth-order valence-corrected chi connectivity index (χ4v) is 2.68. The fourth-order valence-electron chi connectivity index (χ4n) is 2.68. The number of rotatable bonds is 5. The maximum absolute atomic E-state index is 11.9. The lowest BCUT2D eigenvalue weighted by Crippen LogP contribution is -2.48. The van der Waals surface area contributed by atoms with E-state index in [2.05, 4.69) is 25.3 Å². The third-order valence-corrected chi connectivity index (χ3v) is 3.74. The number of aliphatic imine (C=N–C) groups is 1. The van der Waals surface area contributed by atoms with Gasteiger partial charge in [0.15, 0.2) is 11.8 Å². The number of likely N-dealkylation sites (tertiary alicyclic amines) is 1. The summed E-state index contributed by atoms with van der Waals surface area (Å²) in [5.41, 5.74) is 0. The molecule has 1 aromatic rings. The molecule has 8 heteroatoms. The molecule has 128 valence electrons. The molecule has 1 saturated heterocycles. The zero-order chi connectivity index (χ0) is 16.7. The Labute approximate surface area is 136 Å². The lowest BCUT2D eigenvalue weighted by Gasteiger charge is -2.33. The number of piperidine rings is 1. The molecule has 0 spiro atoms. The van der Waals surface area contributed by atoms with Crippen LogP contribution in [0.2, 0.25) is 0 Å². The number of ether oxygens (including phenoxy) is 1. The summed E-state index contributed by atoms with van der Waals surface area (Å²) in [6.07, 6.45) is 2.45. The smallest absolute Gasteiger partial charge is 0.310 e. The second kappa shape index (κ2) is 8.50. The summed E-state index contributed by atoms with van der Waals surface area (Å²) in [4.78, 5) is 22.5. The zero-order valence-electron chi connectivity index (χ0n) is 14.0. The van der Waals surface area contributed by atoms with Crippen molar-refractivity contribution in [2.24, 2.45) is 10.9 Å². The molecule has 1 aliphatic rings. The van der Waals surface area contributed by atoms with Gasteiger partial charge in [-0.3, -0.25) is 9.79 Å². The van der Waals surface area contributed by atoms with E-state index in [0.29, 0.717) is 37.8 Å². The molecule has 0 bridgehead atoms. The van der Waals surface area contributed by atoms with E-state index in [1.165, 1.54) is 0 Å². The standard InChI is InChI=1S/C15H25N5O3/c1-4-22-14(21)12-6-5-9-20(10-12)15(16-3)17-8-7-13-18-11(2)19-23-13/h12H,4-10H2,1-3H3,(H,16,17). The van der Waals surface area contributed by atoms with E-state index >= 15 is 0 Å².